The van der Waals surface area contributed by atoms with Gasteiger partial charge in [-0.25, -0.2) is 8.42 Å². The Kier molecular flexibility index (Phi) is 5.41. The highest BCUT2D eigenvalue weighted by molar-refractivity contribution is 7.89. The lowest BCUT2D eigenvalue weighted by Gasteiger charge is -2.25. The van der Waals surface area contributed by atoms with Crippen LogP contribution in [0.1, 0.15) is 16.7 Å². The van der Waals surface area contributed by atoms with E-state index in [9.17, 15) is 18.3 Å². The van der Waals surface area contributed by atoms with Crippen LogP contribution in [-0.2, 0) is 21.2 Å². The van der Waals surface area contributed by atoms with Crippen LogP contribution in [0.15, 0.2) is 53.4 Å². The van der Waals surface area contributed by atoms with Crippen molar-refractivity contribution in [1.82, 2.24) is 4.31 Å². The number of hydrogen-bond acceptors (Lipinski definition) is 3. The van der Waals surface area contributed by atoms with E-state index in [1.807, 2.05) is 32.0 Å². The van der Waals surface area contributed by atoms with E-state index < -0.39 is 22.0 Å². The Morgan fingerprint density at radius 2 is 1.75 bits per heavy atom. The van der Waals surface area contributed by atoms with Gasteiger partial charge in [0.1, 0.15) is 6.04 Å². The number of carboxylic acids is 1. The van der Waals surface area contributed by atoms with Crippen molar-refractivity contribution in [3.8, 4) is 0 Å². The normalized spacial score (nSPS) is 13.0. The largest absolute Gasteiger partial charge is 0.480 e. The number of rotatable bonds is 6. The molecule has 0 aromatic heterocycles. The SMILES string of the molecule is Cc1ccc(C)c(C[C@@H](C(=O)O)N(C)S(=O)(=O)c2ccccc2)c1. The fraction of sp³-hybridized carbons (Fsp3) is 0.278. The first-order valence-electron chi connectivity index (χ1n) is 7.55. The molecule has 128 valence electrons. The van der Waals surface area contributed by atoms with Gasteiger partial charge < -0.3 is 5.11 Å². The maximum absolute atomic E-state index is 12.7. The Morgan fingerprint density at radius 3 is 2.33 bits per heavy atom. The average Bonchev–Trinajstić information content (AvgIpc) is 2.55. The van der Waals surface area contributed by atoms with Crippen LogP contribution in [0.2, 0.25) is 0 Å². The first-order valence-corrected chi connectivity index (χ1v) is 8.99. The van der Waals surface area contributed by atoms with E-state index in [-0.39, 0.29) is 11.3 Å². The number of likely N-dealkylation sites (N-methyl/N-ethyl adjacent to an activating group) is 1. The summed E-state index contributed by atoms with van der Waals surface area (Å²) in [4.78, 5) is 11.8. The van der Waals surface area contributed by atoms with Crippen LogP contribution < -0.4 is 0 Å². The minimum Gasteiger partial charge on any atom is -0.480 e. The minimum absolute atomic E-state index is 0.0831. The molecule has 0 amide bonds. The van der Waals surface area contributed by atoms with E-state index in [2.05, 4.69) is 0 Å². The quantitative estimate of drug-likeness (QED) is 0.872. The third-order valence-electron chi connectivity index (χ3n) is 4.06. The summed E-state index contributed by atoms with van der Waals surface area (Å²) in [6, 6.07) is 12.4. The van der Waals surface area contributed by atoms with Crippen LogP contribution >= 0.6 is 0 Å². The molecule has 1 N–H and O–H groups in total. The van der Waals surface area contributed by atoms with E-state index in [4.69, 9.17) is 0 Å². The number of carboxylic acid groups (broad SMARTS) is 1. The van der Waals surface area contributed by atoms with Crippen molar-refractivity contribution >= 4 is 16.0 Å². The van der Waals surface area contributed by atoms with Gasteiger partial charge in [-0.2, -0.15) is 4.31 Å². The van der Waals surface area contributed by atoms with Gasteiger partial charge in [0.05, 0.1) is 4.90 Å². The summed E-state index contributed by atoms with van der Waals surface area (Å²) in [5.41, 5.74) is 2.78. The molecule has 0 spiro atoms. The van der Waals surface area contributed by atoms with Crippen molar-refractivity contribution in [1.29, 1.82) is 0 Å². The summed E-state index contributed by atoms with van der Waals surface area (Å²) >= 11 is 0. The van der Waals surface area contributed by atoms with Gasteiger partial charge in [0.25, 0.3) is 0 Å². The monoisotopic (exact) mass is 347 g/mol. The smallest absolute Gasteiger partial charge is 0.322 e. The molecule has 0 saturated heterocycles. The van der Waals surface area contributed by atoms with Crippen molar-refractivity contribution in [2.24, 2.45) is 0 Å². The zero-order valence-electron chi connectivity index (χ0n) is 13.9. The number of sulfonamides is 1. The molecule has 0 bridgehead atoms. The Morgan fingerprint density at radius 1 is 1.12 bits per heavy atom. The first-order chi connectivity index (χ1) is 11.2. The zero-order chi connectivity index (χ0) is 17.9. The van der Waals surface area contributed by atoms with Crippen molar-refractivity contribution in [2.75, 3.05) is 7.05 Å². The molecule has 0 heterocycles. The van der Waals surface area contributed by atoms with Gasteiger partial charge in [0, 0.05) is 7.05 Å². The molecule has 0 fully saturated rings. The van der Waals surface area contributed by atoms with Crippen LogP contribution in [0.3, 0.4) is 0 Å². The van der Waals surface area contributed by atoms with Crippen molar-refractivity contribution < 1.29 is 18.3 Å². The Bertz CT molecular complexity index is 831. The standard InChI is InChI=1S/C18H21NO4S/c1-13-9-10-14(2)15(11-13)12-17(18(20)21)19(3)24(22,23)16-7-5-4-6-8-16/h4-11,17H,12H2,1-3H3,(H,20,21)/t17-/m0/s1. The highest BCUT2D eigenvalue weighted by atomic mass is 32.2. The summed E-state index contributed by atoms with van der Waals surface area (Å²) in [6.07, 6.45) is 0.116. The molecule has 0 aliphatic heterocycles. The van der Waals surface area contributed by atoms with E-state index >= 15 is 0 Å². The number of hydrogen-bond donors (Lipinski definition) is 1. The van der Waals surface area contributed by atoms with Gasteiger partial charge in [-0.1, -0.05) is 42.0 Å². The van der Waals surface area contributed by atoms with Crippen LogP contribution in [0.4, 0.5) is 0 Å². The summed E-state index contributed by atoms with van der Waals surface area (Å²) in [7, 11) is -2.56. The lowest BCUT2D eigenvalue weighted by molar-refractivity contribution is -0.141. The number of carbonyl (C=O) groups is 1. The molecule has 0 unspecified atom stereocenters. The van der Waals surface area contributed by atoms with Gasteiger partial charge in [0.2, 0.25) is 10.0 Å². The Hall–Kier alpha value is -2.18. The van der Waals surface area contributed by atoms with Gasteiger partial charge in [-0.15, -0.1) is 0 Å². The van der Waals surface area contributed by atoms with E-state index in [1.54, 1.807) is 18.2 Å². The fourth-order valence-corrected chi connectivity index (χ4v) is 3.86. The summed E-state index contributed by atoms with van der Waals surface area (Å²) < 4.78 is 26.3. The highest BCUT2D eigenvalue weighted by Gasteiger charge is 2.33. The summed E-state index contributed by atoms with van der Waals surface area (Å²) in [5, 5.41) is 9.57. The molecule has 0 aliphatic carbocycles. The highest BCUT2D eigenvalue weighted by Crippen LogP contribution is 2.20. The third-order valence-corrected chi connectivity index (χ3v) is 5.94. The minimum atomic E-state index is -3.87. The summed E-state index contributed by atoms with van der Waals surface area (Å²) in [6.45, 7) is 3.81. The van der Waals surface area contributed by atoms with Crippen molar-refractivity contribution in [3.05, 3.63) is 65.2 Å². The molecule has 2 aromatic rings. The zero-order valence-corrected chi connectivity index (χ0v) is 14.7. The van der Waals surface area contributed by atoms with Gasteiger partial charge in [0.15, 0.2) is 0 Å². The van der Waals surface area contributed by atoms with E-state index in [1.165, 1.54) is 19.2 Å². The molecule has 1 atom stereocenters. The number of aliphatic carboxylic acids is 1. The topological polar surface area (TPSA) is 74.7 Å². The maximum atomic E-state index is 12.7. The maximum Gasteiger partial charge on any atom is 0.322 e. The second-order valence-electron chi connectivity index (χ2n) is 5.82. The fourth-order valence-electron chi connectivity index (χ4n) is 2.53. The van der Waals surface area contributed by atoms with E-state index in [0.717, 1.165) is 21.0 Å². The molecule has 0 radical (unpaired) electrons. The average molecular weight is 347 g/mol. The number of nitrogens with zero attached hydrogens (tertiary/aromatic N) is 1. The second kappa shape index (κ2) is 7.15. The molecule has 0 saturated carbocycles. The number of aryl methyl sites for hydroxylation is 2. The second-order valence-corrected chi connectivity index (χ2v) is 7.82. The third kappa shape index (κ3) is 3.83. The van der Waals surface area contributed by atoms with Crippen LogP contribution in [0, 0.1) is 13.8 Å². The first kappa shape index (κ1) is 18.2. The molecular formula is C18H21NO4S. The van der Waals surface area contributed by atoms with Gasteiger partial charge in [-0.3, -0.25) is 4.79 Å². The summed E-state index contributed by atoms with van der Waals surface area (Å²) in [5.74, 6) is -1.17. The number of benzene rings is 2. The molecule has 2 rings (SSSR count). The van der Waals surface area contributed by atoms with Crippen molar-refractivity contribution in [3.63, 3.8) is 0 Å². The molecule has 24 heavy (non-hydrogen) atoms. The lowest BCUT2D eigenvalue weighted by Crippen LogP contribution is -2.43. The molecule has 2 aromatic carbocycles. The molecular weight excluding hydrogens is 326 g/mol. The van der Waals surface area contributed by atoms with E-state index in [0.29, 0.717) is 0 Å². The van der Waals surface area contributed by atoms with Gasteiger partial charge >= 0.3 is 5.97 Å². The Balaban J connectivity index is 2.37. The lowest BCUT2D eigenvalue weighted by atomic mass is 9.99. The van der Waals surface area contributed by atoms with Crippen LogP contribution in [0.5, 0.6) is 0 Å². The Labute approximate surface area is 142 Å². The predicted molar refractivity (Wildman–Crippen MR) is 92.4 cm³/mol. The van der Waals surface area contributed by atoms with Crippen LogP contribution in [0.25, 0.3) is 0 Å². The van der Waals surface area contributed by atoms with Crippen molar-refractivity contribution in [2.45, 2.75) is 31.2 Å². The molecule has 5 nitrogen and oxygen atoms in total. The molecule has 0 aliphatic rings. The van der Waals surface area contributed by atoms with Gasteiger partial charge in [-0.05, 0) is 43.5 Å². The predicted octanol–water partition coefficient (Wildman–Crippen LogP) is 2.62. The van der Waals surface area contributed by atoms with Crippen LogP contribution in [-0.4, -0.2) is 36.9 Å². The molecule has 6 heteroatoms.